The molecule has 1 aliphatic rings. The summed E-state index contributed by atoms with van der Waals surface area (Å²) in [6.45, 7) is 8.32. The number of aryl methyl sites for hydroxylation is 2. The fraction of sp³-hybridized carbons (Fsp3) is 0.389. The monoisotopic (exact) mass is 373 g/mol. The first-order valence-corrected chi connectivity index (χ1v) is 9.33. The Morgan fingerprint density at radius 3 is 2.54 bits per heavy atom. The van der Waals surface area contributed by atoms with Crippen molar-refractivity contribution in [2.45, 2.75) is 13.8 Å². The largest absolute Gasteiger partial charge is 0.483 e. The van der Waals surface area contributed by atoms with Crippen molar-refractivity contribution in [2.75, 3.05) is 38.1 Å². The van der Waals surface area contributed by atoms with Gasteiger partial charge in [-0.15, -0.1) is 11.3 Å². The highest BCUT2D eigenvalue weighted by Crippen LogP contribution is 2.30. The second kappa shape index (κ2) is 7.84. The third kappa shape index (κ3) is 3.71. The van der Waals surface area contributed by atoms with Crippen molar-refractivity contribution >= 4 is 34.5 Å². The van der Waals surface area contributed by atoms with Crippen molar-refractivity contribution in [2.24, 2.45) is 0 Å². The number of carbonyl (C=O) groups is 1. The van der Waals surface area contributed by atoms with Gasteiger partial charge >= 0.3 is 0 Å². The summed E-state index contributed by atoms with van der Waals surface area (Å²) in [5.74, 6) is 0.929. The van der Waals surface area contributed by atoms with E-state index in [2.05, 4.69) is 45.9 Å². The molecule has 1 aliphatic heterocycles. The molecule has 0 aliphatic carbocycles. The molecular formula is C18H23N5O2S. The molecule has 0 radical (unpaired) electrons. The van der Waals surface area contributed by atoms with Gasteiger partial charge < -0.3 is 19.9 Å². The summed E-state index contributed by atoms with van der Waals surface area (Å²) in [6.07, 6.45) is 0. The first-order chi connectivity index (χ1) is 12.5. The zero-order valence-electron chi connectivity index (χ0n) is 15.2. The fourth-order valence-corrected chi connectivity index (χ4v) is 3.90. The number of piperazine rings is 1. The normalized spacial score (nSPS) is 15.0. The molecule has 1 aromatic carbocycles. The summed E-state index contributed by atoms with van der Waals surface area (Å²) in [5, 5.41) is 6.89. The number of anilines is 1. The van der Waals surface area contributed by atoms with Crippen molar-refractivity contribution < 1.29 is 9.90 Å². The fourth-order valence-electron chi connectivity index (χ4n) is 3.16. The van der Waals surface area contributed by atoms with E-state index in [4.69, 9.17) is 14.9 Å². The van der Waals surface area contributed by atoms with Gasteiger partial charge in [-0.25, -0.2) is 9.97 Å². The molecular weight excluding hydrogens is 350 g/mol. The maximum Gasteiger partial charge on any atom is 0.290 e. The summed E-state index contributed by atoms with van der Waals surface area (Å²) in [6, 6.07) is 4.50. The molecule has 0 unspecified atom stereocenters. The third-order valence-electron chi connectivity index (χ3n) is 4.59. The zero-order chi connectivity index (χ0) is 18.7. The maximum atomic E-state index is 8.36. The predicted molar refractivity (Wildman–Crippen MR) is 105 cm³/mol. The number of carboxylic acid groups (broad SMARTS) is 1. The number of likely N-dealkylation sites (N-methyl/N-ethyl adjacent to an activating group) is 1. The minimum absolute atomic E-state index is 0.250. The van der Waals surface area contributed by atoms with Crippen LogP contribution >= 0.6 is 11.3 Å². The summed E-state index contributed by atoms with van der Waals surface area (Å²) in [7, 11) is 2.18. The first kappa shape index (κ1) is 18.3. The maximum absolute atomic E-state index is 8.36. The van der Waals surface area contributed by atoms with Gasteiger partial charge in [-0.1, -0.05) is 0 Å². The van der Waals surface area contributed by atoms with Crippen molar-refractivity contribution in [3.8, 4) is 10.7 Å². The van der Waals surface area contributed by atoms with E-state index in [9.17, 15) is 0 Å². The number of fused-ring (bicyclic) bond motifs is 1. The molecule has 3 aromatic rings. The average molecular weight is 373 g/mol. The number of hydrogen-bond acceptors (Lipinski definition) is 6. The number of aromatic amines is 1. The molecule has 4 rings (SSSR count). The van der Waals surface area contributed by atoms with Crippen molar-refractivity contribution in [1.29, 1.82) is 0 Å². The molecule has 0 spiro atoms. The van der Waals surface area contributed by atoms with Crippen molar-refractivity contribution in [3.05, 3.63) is 28.9 Å². The van der Waals surface area contributed by atoms with Gasteiger partial charge in [-0.05, 0) is 38.6 Å². The SMILES string of the molecule is Cc1ncsc1-c1nc2c(C)cc(N3CCN(C)CC3)cc2[nH]1.O=CO. The summed E-state index contributed by atoms with van der Waals surface area (Å²) in [5.41, 5.74) is 7.60. The van der Waals surface area contributed by atoms with Crippen LogP contribution in [0.15, 0.2) is 17.6 Å². The van der Waals surface area contributed by atoms with Crippen molar-refractivity contribution in [3.63, 3.8) is 0 Å². The van der Waals surface area contributed by atoms with Crippen LogP contribution in [0.3, 0.4) is 0 Å². The molecule has 0 saturated carbocycles. The Morgan fingerprint density at radius 1 is 1.23 bits per heavy atom. The van der Waals surface area contributed by atoms with Gasteiger partial charge in [0.2, 0.25) is 0 Å². The molecule has 8 heteroatoms. The summed E-state index contributed by atoms with van der Waals surface area (Å²) >= 11 is 1.64. The van der Waals surface area contributed by atoms with E-state index >= 15 is 0 Å². The average Bonchev–Trinajstić information content (AvgIpc) is 3.22. The van der Waals surface area contributed by atoms with Gasteiger partial charge in [0.1, 0.15) is 0 Å². The van der Waals surface area contributed by atoms with Gasteiger partial charge in [-0.3, -0.25) is 4.79 Å². The molecule has 0 bridgehead atoms. The van der Waals surface area contributed by atoms with Crippen LogP contribution in [0.5, 0.6) is 0 Å². The van der Waals surface area contributed by atoms with Crippen LogP contribution in [-0.2, 0) is 4.79 Å². The number of aromatic nitrogens is 3. The van der Waals surface area contributed by atoms with Crippen LogP contribution in [0.25, 0.3) is 21.7 Å². The molecule has 2 N–H and O–H groups in total. The predicted octanol–water partition coefficient (Wildman–Crippen LogP) is 2.76. The van der Waals surface area contributed by atoms with Gasteiger partial charge in [-0.2, -0.15) is 0 Å². The number of nitrogens with one attached hydrogen (secondary N) is 1. The molecule has 2 aromatic heterocycles. The Balaban J connectivity index is 0.000000613. The Bertz CT molecular complexity index is 896. The lowest BCUT2D eigenvalue weighted by Gasteiger charge is -2.34. The molecule has 3 heterocycles. The summed E-state index contributed by atoms with van der Waals surface area (Å²) in [4.78, 5) is 27.0. The first-order valence-electron chi connectivity index (χ1n) is 8.45. The summed E-state index contributed by atoms with van der Waals surface area (Å²) < 4.78 is 0. The molecule has 138 valence electrons. The third-order valence-corrected chi connectivity index (χ3v) is 5.53. The van der Waals surface area contributed by atoms with E-state index in [0.717, 1.165) is 53.6 Å². The Kier molecular flexibility index (Phi) is 5.53. The number of H-pyrrole nitrogens is 1. The number of nitrogens with zero attached hydrogens (tertiary/aromatic N) is 4. The Morgan fingerprint density at radius 2 is 1.92 bits per heavy atom. The standard InChI is InChI=1S/C17H21N5S.CH2O2/c1-11-8-13(22-6-4-21(3)5-7-22)9-14-15(11)20-17(19-14)16-12(2)18-10-23-16;2-1-3/h8-10H,4-7H2,1-3H3,(H,19,20);1H,(H,2,3). The van der Waals surface area contributed by atoms with E-state index in [1.54, 1.807) is 11.3 Å². The second-order valence-electron chi connectivity index (χ2n) is 6.41. The van der Waals surface area contributed by atoms with E-state index in [1.807, 2.05) is 12.4 Å². The molecule has 7 nitrogen and oxygen atoms in total. The van der Waals surface area contributed by atoms with Crippen LogP contribution < -0.4 is 4.90 Å². The highest BCUT2D eigenvalue weighted by Gasteiger charge is 2.17. The van der Waals surface area contributed by atoms with E-state index in [-0.39, 0.29) is 6.47 Å². The van der Waals surface area contributed by atoms with Crippen LogP contribution in [0.4, 0.5) is 5.69 Å². The quantitative estimate of drug-likeness (QED) is 0.672. The van der Waals surface area contributed by atoms with Gasteiger partial charge in [0, 0.05) is 31.9 Å². The van der Waals surface area contributed by atoms with Crippen LogP contribution in [-0.4, -0.2) is 64.7 Å². The Labute approximate surface area is 156 Å². The van der Waals surface area contributed by atoms with Gasteiger partial charge in [0.25, 0.3) is 6.47 Å². The van der Waals surface area contributed by atoms with E-state index in [1.165, 1.54) is 11.3 Å². The lowest BCUT2D eigenvalue weighted by molar-refractivity contribution is -0.122. The van der Waals surface area contributed by atoms with Gasteiger partial charge in [0.05, 0.1) is 27.1 Å². The number of imidazole rings is 1. The number of rotatable bonds is 2. The Hall–Kier alpha value is -2.45. The van der Waals surface area contributed by atoms with Crippen LogP contribution in [0.2, 0.25) is 0 Å². The second-order valence-corrected chi connectivity index (χ2v) is 7.26. The van der Waals surface area contributed by atoms with Crippen LogP contribution in [0.1, 0.15) is 11.3 Å². The van der Waals surface area contributed by atoms with E-state index in [0.29, 0.717) is 0 Å². The van der Waals surface area contributed by atoms with Crippen LogP contribution in [0, 0.1) is 13.8 Å². The molecule has 0 atom stereocenters. The minimum Gasteiger partial charge on any atom is -0.483 e. The minimum atomic E-state index is -0.250. The highest BCUT2D eigenvalue weighted by molar-refractivity contribution is 7.13. The van der Waals surface area contributed by atoms with Crippen molar-refractivity contribution in [1.82, 2.24) is 19.9 Å². The van der Waals surface area contributed by atoms with Gasteiger partial charge in [0.15, 0.2) is 5.82 Å². The highest BCUT2D eigenvalue weighted by atomic mass is 32.1. The molecule has 26 heavy (non-hydrogen) atoms. The lowest BCUT2D eigenvalue weighted by Crippen LogP contribution is -2.44. The zero-order valence-corrected chi connectivity index (χ0v) is 16.0. The molecule has 1 saturated heterocycles. The number of benzene rings is 1. The smallest absolute Gasteiger partial charge is 0.290 e. The molecule has 0 amide bonds. The molecule has 1 fully saturated rings. The number of hydrogen-bond donors (Lipinski definition) is 2. The van der Waals surface area contributed by atoms with E-state index < -0.39 is 0 Å². The number of thiazole rings is 1. The topological polar surface area (TPSA) is 85.4 Å². The lowest BCUT2D eigenvalue weighted by atomic mass is 10.1.